The summed E-state index contributed by atoms with van der Waals surface area (Å²) < 4.78 is 5.34. The quantitative estimate of drug-likeness (QED) is 0.730. The van der Waals surface area contributed by atoms with Gasteiger partial charge in [0.15, 0.2) is 0 Å². The number of carbonyl (C=O) groups is 2. The van der Waals surface area contributed by atoms with Crippen molar-refractivity contribution in [2.75, 3.05) is 31.6 Å². The van der Waals surface area contributed by atoms with Crippen LogP contribution in [0.15, 0.2) is 24.3 Å². The van der Waals surface area contributed by atoms with E-state index in [1.54, 1.807) is 29.2 Å². The molecule has 1 aromatic carbocycles. The molecule has 2 atom stereocenters. The molecule has 1 saturated heterocycles. The van der Waals surface area contributed by atoms with Crippen LogP contribution in [0.2, 0.25) is 0 Å². The molecule has 0 radical (unpaired) electrons. The summed E-state index contributed by atoms with van der Waals surface area (Å²) in [6.45, 7) is 7.41. The van der Waals surface area contributed by atoms with Crippen molar-refractivity contribution in [2.45, 2.75) is 32.9 Å². The fourth-order valence-corrected chi connectivity index (χ4v) is 2.84. The Labute approximate surface area is 148 Å². The average molecular weight is 349 g/mol. The van der Waals surface area contributed by atoms with Gasteiger partial charge in [0, 0.05) is 18.8 Å². The largest absolute Gasteiger partial charge is 0.386 e. The van der Waals surface area contributed by atoms with E-state index in [0.29, 0.717) is 36.9 Å². The summed E-state index contributed by atoms with van der Waals surface area (Å²) in [5.74, 6) is 0.207. The summed E-state index contributed by atoms with van der Waals surface area (Å²) in [5, 5.41) is 16.1. The summed E-state index contributed by atoms with van der Waals surface area (Å²) in [7, 11) is 0. The standard InChI is InChI=1S/C18H27N3O4/c1-4-19-18(24)20-14-7-5-13(6-8-14)17(23)15-10-25-11-16(22)21(15)9-12(2)3/h5-8,12,15,17,23H,4,9-11H2,1-3H3,(H2,19,20,24). The van der Waals surface area contributed by atoms with E-state index < -0.39 is 12.1 Å². The number of aliphatic hydroxyl groups is 1. The molecule has 25 heavy (non-hydrogen) atoms. The maximum Gasteiger partial charge on any atom is 0.319 e. The van der Waals surface area contributed by atoms with Gasteiger partial charge in [-0.25, -0.2) is 4.79 Å². The number of benzene rings is 1. The number of morpholine rings is 1. The van der Waals surface area contributed by atoms with Crippen LogP contribution in [0.25, 0.3) is 0 Å². The SMILES string of the molecule is CCNC(=O)Nc1ccc(C(O)C2COCC(=O)N2CC(C)C)cc1. The van der Waals surface area contributed by atoms with Crippen LogP contribution in [0.1, 0.15) is 32.4 Å². The number of urea groups is 1. The zero-order valence-corrected chi connectivity index (χ0v) is 15.0. The molecule has 2 rings (SSSR count). The molecule has 0 saturated carbocycles. The second-order valence-corrected chi connectivity index (χ2v) is 6.57. The third-order valence-corrected chi connectivity index (χ3v) is 4.01. The number of aliphatic hydroxyl groups excluding tert-OH is 1. The van der Waals surface area contributed by atoms with Gasteiger partial charge >= 0.3 is 6.03 Å². The summed E-state index contributed by atoms with van der Waals surface area (Å²) >= 11 is 0. The summed E-state index contributed by atoms with van der Waals surface area (Å²) in [6.07, 6.45) is -0.846. The highest BCUT2D eigenvalue weighted by atomic mass is 16.5. The molecule has 1 aromatic rings. The molecule has 1 aliphatic rings. The number of ether oxygens (including phenoxy) is 1. The smallest absolute Gasteiger partial charge is 0.319 e. The number of amides is 3. The van der Waals surface area contributed by atoms with E-state index in [2.05, 4.69) is 10.6 Å². The molecule has 0 aliphatic carbocycles. The molecular formula is C18H27N3O4. The summed E-state index contributed by atoms with van der Waals surface area (Å²) in [6, 6.07) is 6.27. The van der Waals surface area contributed by atoms with Crippen molar-refractivity contribution in [1.82, 2.24) is 10.2 Å². The number of carbonyl (C=O) groups excluding carboxylic acids is 2. The van der Waals surface area contributed by atoms with Crippen LogP contribution in [0.4, 0.5) is 10.5 Å². The van der Waals surface area contributed by atoms with Crippen molar-refractivity contribution >= 4 is 17.6 Å². The molecule has 7 nitrogen and oxygen atoms in total. The maximum atomic E-state index is 12.1. The lowest BCUT2D eigenvalue weighted by atomic mass is 9.99. The molecule has 7 heteroatoms. The zero-order valence-electron chi connectivity index (χ0n) is 15.0. The minimum absolute atomic E-state index is 0.0609. The number of rotatable bonds is 6. The Morgan fingerprint density at radius 1 is 1.36 bits per heavy atom. The van der Waals surface area contributed by atoms with E-state index in [4.69, 9.17) is 4.74 Å². The van der Waals surface area contributed by atoms with Crippen LogP contribution in [0.3, 0.4) is 0 Å². The van der Waals surface area contributed by atoms with Crippen molar-refractivity contribution in [3.8, 4) is 0 Å². The monoisotopic (exact) mass is 349 g/mol. The number of anilines is 1. The first-order valence-electron chi connectivity index (χ1n) is 8.62. The predicted octanol–water partition coefficient (Wildman–Crippen LogP) is 1.74. The van der Waals surface area contributed by atoms with Crippen molar-refractivity contribution < 1.29 is 19.4 Å². The summed E-state index contributed by atoms with van der Waals surface area (Å²) in [4.78, 5) is 25.4. The van der Waals surface area contributed by atoms with Crippen LogP contribution in [-0.4, -0.2) is 54.3 Å². The van der Waals surface area contributed by atoms with Gasteiger partial charge in [-0.05, 0) is 30.5 Å². The molecule has 0 spiro atoms. The third kappa shape index (κ3) is 5.17. The predicted molar refractivity (Wildman–Crippen MR) is 95.3 cm³/mol. The van der Waals surface area contributed by atoms with Gasteiger partial charge < -0.3 is 25.4 Å². The second kappa shape index (κ2) is 8.82. The Balaban J connectivity index is 2.08. The summed E-state index contributed by atoms with van der Waals surface area (Å²) in [5.41, 5.74) is 1.32. The van der Waals surface area contributed by atoms with Gasteiger partial charge in [0.2, 0.25) is 5.91 Å². The van der Waals surface area contributed by atoms with Crippen molar-refractivity contribution in [3.63, 3.8) is 0 Å². The number of hydrogen-bond acceptors (Lipinski definition) is 4. The minimum Gasteiger partial charge on any atom is -0.386 e. The minimum atomic E-state index is -0.846. The molecule has 0 aromatic heterocycles. The highest BCUT2D eigenvalue weighted by molar-refractivity contribution is 5.89. The lowest BCUT2D eigenvalue weighted by Crippen LogP contribution is -2.53. The fourth-order valence-electron chi connectivity index (χ4n) is 2.84. The molecule has 2 unspecified atom stereocenters. The van der Waals surface area contributed by atoms with Crippen molar-refractivity contribution in [3.05, 3.63) is 29.8 Å². The normalized spacial score (nSPS) is 19.0. The van der Waals surface area contributed by atoms with Crippen LogP contribution in [-0.2, 0) is 9.53 Å². The van der Waals surface area contributed by atoms with E-state index in [-0.39, 0.29) is 18.5 Å². The second-order valence-electron chi connectivity index (χ2n) is 6.57. The molecule has 1 heterocycles. The zero-order chi connectivity index (χ0) is 18.4. The Hall–Kier alpha value is -2.12. The lowest BCUT2D eigenvalue weighted by Gasteiger charge is -2.39. The Morgan fingerprint density at radius 2 is 2.04 bits per heavy atom. The van der Waals surface area contributed by atoms with Gasteiger partial charge in [0.25, 0.3) is 0 Å². The van der Waals surface area contributed by atoms with Crippen LogP contribution in [0, 0.1) is 5.92 Å². The van der Waals surface area contributed by atoms with Gasteiger partial charge in [-0.3, -0.25) is 4.79 Å². The first-order valence-corrected chi connectivity index (χ1v) is 8.62. The molecule has 3 amide bonds. The number of hydrogen-bond donors (Lipinski definition) is 3. The third-order valence-electron chi connectivity index (χ3n) is 4.01. The van der Waals surface area contributed by atoms with Gasteiger partial charge in [-0.15, -0.1) is 0 Å². The fraction of sp³-hybridized carbons (Fsp3) is 0.556. The van der Waals surface area contributed by atoms with Crippen LogP contribution < -0.4 is 10.6 Å². The molecule has 138 valence electrons. The van der Waals surface area contributed by atoms with E-state index in [9.17, 15) is 14.7 Å². The van der Waals surface area contributed by atoms with Gasteiger partial charge in [0.1, 0.15) is 12.7 Å². The van der Waals surface area contributed by atoms with Crippen LogP contribution >= 0.6 is 0 Å². The van der Waals surface area contributed by atoms with E-state index in [1.807, 2.05) is 20.8 Å². The van der Waals surface area contributed by atoms with Crippen molar-refractivity contribution in [1.29, 1.82) is 0 Å². The van der Waals surface area contributed by atoms with Crippen molar-refractivity contribution in [2.24, 2.45) is 5.92 Å². The Kier molecular flexibility index (Phi) is 6.78. The molecule has 3 N–H and O–H groups in total. The number of nitrogens with one attached hydrogen (secondary N) is 2. The molecule has 1 fully saturated rings. The average Bonchev–Trinajstić information content (AvgIpc) is 2.56. The van der Waals surface area contributed by atoms with E-state index >= 15 is 0 Å². The first-order chi connectivity index (χ1) is 11.9. The van der Waals surface area contributed by atoms with Gasteiger partial charge in [0.05, 0.1) is 12.6 Å². The van der Waals surface area contributed by atoms with E-state index in [1.165, 1.54) is 0 Å². The Morgan fingerprint density at radius 3 is 2.64 bits per heavy atom. The lowest BCUT2D eigenvalue weighted by molar-refractivity contribution is -0.155. The molecular weight excluding hydrogens is 322 g/mol. The Bertz CT molecular complexity index is 588. The highest BCUT2D eigenvalue weighted by Crippen LogP contribution is 2.26. The molecule has 1 aliphatic heterocycles. The highest BCUT2D eigenvalue weighted by Gasteiger charge is 2.34. The first kappa shape index (κ1) is 19.2. The maximum absolute atomic E-state index is 12.1. The van der Waals surface area contributed by atoms with Crippen LogP contribution in [0.5, 0.6) is 0 Å². The molecule has 0 bridgehead atoms. The van der Waals surface area contributed by atoms with Gasteiger partial charge in [-0.2, -0.15) is 0 Å². The number of nitrogens with zero attached hydrogens (tertiary/aromatic N) is 1. The van der Waals surface area contributed by atoms with E-state index in [0.717, 1.165) is 0 Å². The van der Waals surface area contributed by atoms with Gasteiger partial charge in [-0.1, -0.05) is 26.0 Å². The topological polar surface area (TPSA) is 90.9 Å².